The monoisotopic (exact) mass is 700 g/mol. The summed E-state index contributed by atoms with van der Waals surface area (Å²) in [4.78, 5) is 60.3. The highest BCUT2D eigenvalue weighted by Crippen LogP contribution is 2.21. The van der Waals surface area contributed by atoms with Gasteiger partial charge in [0.1, 0.15) is 23.9 Å². The van der Waals surface area contributed by atoms with Gasteiger partial charge in [0.05, 0.1) is 6.04 Å². The van der Waals surface area contributed by atoms with E-state index in [1.165, 1.54) is 12.1 Å². The molecule has 0 spiro atoms. The number of aromatic amines is 2. The Hall–Kier alpha value is -6.40. The molecule has 9 N–H and O–H groups in total. The first-order chi connectivity index (χ1) is 25.1. The van der Waals surface area contributed by atoms with Crippen LogP contribution in [0.4, 0.5) is 0 Å². The molecule has 12 nitrogen and oxygen atoms in total. The molecule has 0 aliphatic carbocycles. The number of carboxylic acids is 1. The smallest absolute Gasteiger partial charge is 0.326 e. The van der Waals surface area contributed by atoms with Gasteiger partial charge in [-0.15, -0.1) is 0 Å². The zero-order chi connectivity index (χ0) is 36.6. The molecule has 6 rings (SSSR count). The Kier molecular flexibility index (Phi) is 11.0. The zero-order valence-electron chi connectivity index (χ0n) is 28.2. The van der Waals surface area contributed by atoms with Gasteiger partial charge in [0.2, 0.25) is 17.7 Å². The number of rotatable bonds is 15. The fourth-order valence-electron chi connectivity index (χ4n) is 6.31. The summed E-state index contributed by atoms with van der Waals surface area (Å²) in [5, 5.41) is 29.8. The molecule has 52 heavy (non-hydrogen) atoms. The number of aromatic hydroxyl groups is 1. The van der Waals surface area contributed by atoms with E-state index in [2.05, 4.69) is 25.9 Å². The molecule has 2 aromatic heterocycles. The van der Waals surface area contributed by atoms with Gasteiger partial charge in [-0.2, -0.15) is 0 Å². The Bertz CT molecular complexity index is 2180. The number of H-pyrrole nitrogens is 2. The van der Waals surface area contributed by atoms with Gasteiger partial charge in [-0.1, -0.05) is 78.9 Å². The molecule has 4 unspecified atom stereocenters. The normalized spacial score (nSPS) is 13.6. The van der Waals surface area contributed by atoms with Crippen molar-refractivity contribution in [1.29, 1.82) is 0 Å². The van der Waals surface area contributed by atoms with Gasteiger partial charge in [0.15, 0.2) is 0 Å². The van der Waals surface area contributed by atoms with E-state index < -0.39 is 47.9 Å². The summed E-state index contributed by atoms with van der Waals surface area (Å²) in [6.07, 6.45) is 3.86. The lowest BCUT2D eigenvalue weighted by Gasteiger charge is -2.25. The van der Waals surface area contributed by atoms with Crippen molar-refractivity contribution < 1.29 is 29.4 Å². The molecule has 0 aliphatic rings. The van der Waals surface area contributed by atoms with Crippen molar-refractivity contribution in [3.63, 3.8) is 0 Å². The van der Waals surface area contributed by atoms with Gasteiger partial charge in [-0.3, -0.25) is 14.4 Å². The number of para-hydroxylation sites is 2. The summed E-state index contributed by atoms with van der Waals surface area (Å²) in [5.41, 5.74) is 11.1. The summed E-state index contributed by atoms with van der Waals surface area (Å²) in [7, 11) is 0. The minimum Gasteiger partial charge on any atom is -0.508 e. The lowest BCUT2D eigenvalue weighted by Crippen LogP contribution is -2.58. The largest absolute Gasteiger partial charge is 0.508 e. The van der Waals surface area contributed by atoms with Gasteiger partial charge in [-0.25, -0.2) is 4.79 Å². The SMILES string of the molecule is NC(Cc1c[nH]c2ccccc12)C(=O)NC(Cc1c[nH]c2ccccc12)C(=O)NC(Cc1ccc(O)cc1)C(=O)NC(Cc1ccccc1)C(=O)O. The van der Waals surface area contributed by atoms with Crippen molar-refractivity contribution in [1.82, 2.24) is 25.9 Å². The van der Waals surface area contributed by atoms with Gasteiger partial charge in [0, 0.05) is 53.5 Å². The van der Waals surface area contributed by atoms with Crippen LogP contribution in [-0.2, 0) is 44.9 Å². The Morgan fingerprint density at radius 3 is 1.62 bits per heavy atom. The predicted molar refractivity (Wildman–Crippen MR) is 197 cm³/mol. The molecule has 12 heteroatoms. The van der Waals surface area contributed by atoms with Crippen LogP contribution in [-0.4, -0.2) is 68.0 Å². The number of phenols is 1. The molecular weight excluding hydrogens is 660 g/mol. The zero-order valence-corrected chi connectivity index (χ0v) is 28.2. The van der Waals surface area contributed by atoms with E-state index in [4.69, 9.17) is 5.73 Å². The average molecular weight is 701 g/mol. The molecule has 0 bridgehead atoms. The van der Waals surface area contributed by atoms with Crippen LogP contribution in [0.2, 0.25) is 0 Å². The summed E-state index contributed by atoms with van der Waals surface area (Å²) in [6, 6.07) is 25.6. The van der Waals surface area contributed by atoms with Crippen LogP contribution < -0.4 is 21.7 Å². The third-order valence-electron chi connectivity index (χ3n) is 9.09. The maximum Gasteiger partial charge on any atom is 0.326 e. The summed E-state index contributed by atoms with van der Waals surface area (Å²) < 4.78 is 0. The van der Waals surface area contributed by atoms with Gasteiger partial charge >= 0.3 is 5.97 Å². The second-order valence-corrected chi connectivity index (χ2v) is 12.8. The van der Waals surface area contributed by atoms with E-state index in [9.17, 15) is 29.4 Å². The number of fused-ring (bicyclic) bond motifs is 2. The number of carbonyl (C=O) groups excluding carboxylic acids is 3. The molecule has 0 saturated heterocycles. The standard InChI is InChI=1S/C40H40N6O6/c41-31(20-26-22-42-32-12-6-4-10-29(26)32)37(48)44-35(21-27-23-43-33-13-7-5-11-30(27)33)39(50)45-34(18-25-14-16-28(47)17-15-25)38(49)46-36(40(51)52)19-24-8-2-1-3-9-24/h1-17,22-23,31,34-36,42-43,47H,18-21,41H2,(H,44,48)(H,45,50)(H,46,49)(H,51,52). The van der Waals surface area contributed by atoms with Crippen LogP contribution in [0.3, 0.4) is 0 Å². The lowest BCUT2D eigenvalue weighted by molar-refractivity contribution is -0.142. The molecule has 2 heterocycles. The quantitative estimate of drug-likeness (QED) is 0.0801. The van der Waals surface area contributed by atoms with Crippen molar-refractivity contribution in [3.05, 3.63) is 138 Å². The van der Waals surface area contributed by atoms with E-state index in [1.807, 2.05) is 60.8 Å². The van der Waals surface area contributed by atoms with Crippen LogP contribution in [0.25, 0.3) is 21.8 Å². The van der Waals surface area contributed by atoms with E-state index >= 15 is 0 Å². The van der Waals surface area contributed by atoms with E-state index in [0.717, 1.165) is 32.9 Å². The van der Waals surface area contributed by atoms with Crippen molar-refractivity contribution in [3.8, 4) is 5.75 Å². The van der Waals surface area contributed by atoms with Crippen molar-refractivity contribution in [2.24, 2.45) is 5.73 Å². The fraction of sp³-hybridized carbons (Fsp3) is 0.200. The molecule has 4 aromatic carbocycles. The number of phenolic OH excluding ortho intramolecular Hbond substituents is 1. The first kappa shape index (κ1) is 35.4. The lowest BCUT2D eigenvalue weighted by atomic mass is 10.00. The van der Waals surface area contributed by atoms with Gasteiger partial charge < -0.3 is 41.9 Å². The first-order valence-electron chi connectivity index (χ1n) is 17.0. The highest BCUT2D eigenvalue weighted by molar-refractivity contribution is 5.95. The molecule has 3 amide bonds. The van der Waals surface area contributed by atoms with Gasteiger partial charge in [0.25, 0.3) is 0 Å². The molecular formula is C40H40N6O6. The molecule has 0 radical (unpaired) electrons. The molecule has 6 aromatic rings. The number of hydrogen-bond donors (Lipinski definition) is 8. The molecule has 4 atom stereocenters. The van der Waals surface area contributed by atoms with Crippen molar-refractivity contribution in [2.75, 3.05) is 0 Å². The maximum atomic E-state index is 14.2. The Morgan fingerprint density at radius 1 is 0.558 bits per heavy atom. The van der Waals surface area contributed by atoms with Crippen LogP contribution in [0.15, 0.2) is 116 Å². The Labute approximate surface area is 299 Å². The number of carbonyl (C=O) groups is 4. The Morgan fingerprint density at radius 2 is 1.02 bits per heavy atom. The number of aromatic nitrogens is 2. The maximum absolute atomic E-state index is 14.2. The number of amides is 3. The minimum absolute atomic E-state index is 0.0214. The van der Waals surface area contributed by atoms with E-state index in [1.54, 1.807) is 42.6 Å². The molecule has 0 saturated carbocycles. The number of aliphatic carboxylic acids is 1. The second-order valence-electron chi connectivity index (χ2n) is 12.8. The van der Waals surface area contributed by atoms with E-state index in [0.29, 0.717) is 11.1 Å². The predicted octanol–water partition coefficient (Wildman–Crippen LogP) is 3.49. The number of benzene rings is 4. The van der Waals surface area contributed by atoms with Crippen LogP contribution in [0.1, 0.15) is 22.3 Å². The third kappa shape index (κ3) is 8.66. The minimum atomic E-state index is -1.28. The second kappa shape index (κ2) is 16.1. The number of nitrogens with one attached hydrogen (secondary N) is 5. The molecule has 266 valence electrons. The van der Waals surface area contributed by atoms with Crippen LogP contribution >= 0.6 is 0 Å². The van der Waals surface area contributed by atoms with Crippen LogP contribution in [0, 0.1) is 0 Å². The van der Waals surface area contributed by atoms with Crippen LogP contribution in [0.5, 0.6) is 5.75 Å². The van der Waals surface area contributed by atoms with Crippen molar-refractivity contribution in [2.45, 2.75) is 49.9 Å². The van der Waals surface area contributed by atoms with E-state index in [-0.39, 0.29) is 31.4 Å². The summed E-state index contributed by atoms with van der Waals surface area (Å²) >= 11 is 0. The average Bonchev–Trinajstić information content (AvgIpc) is 3.75. The Balaban J connectivity index is 1.25. The van der Waals surface area contributed by atoms with Gasteiger partial charge in [-0.05, 0) is 52.9 Å². The highest BCUT2D eigenvalue weighted by Gasteiger charge is 2.31. The van der Waals surface area contributed by atoms with Crippen molar-refractivity contribution >= 4 is 45.5 Å². The molecule has 0 aliphatic heterocycles. The summed E-state index contributed by atoms with van der Waals surface area (Å²) in [6.45, 7) is 0. The number of hydrogen-bond acceptors (Lipinski definition) is 6. The number of nitrogens with two attached hydrogens (primary N) is 1. The highest BCUT2D eigenvalue weighted by atomic mass is 16.4. The first-order valence-corrected chi connectivity index (χ1v) is 17.0. The summed E-state index contributed by atoms with van der Waals surface area (Å²) in [5.74, 6) is -3.16. The molecule has 0 fully saturated rings. The third-order valence-corrected chi connectivity index (χ3v) is 9.09. The number of carboxylic acid groups (broad SMARTS) is 1. The fourth-order valence-corrected chi connectivity index (χ4v) is 6.31. The topological polar surface area (TPSA) is 202 Å².